The molecular formula is C19H20N2O4S. The fourth-order valence-electron chi connectivity index (χ4n) is 2.29. The van der Waals surface area contributed by atoms with Crippen molar-refractivity contribution in [3.05, 3.63) is 54.1 Å². The Morgan fingerprint density at radius 3 is 2.85 bits per heavy atom. The molecule has 1 aliphatic heterocycles. The molecule has 0 saturated heterocycles. The van der Waals surface area contributed by atoms with E-state index in [0.717, 1.165) is 17.1 Å². The van der Waals surface area contributed by atoms with Crippen molar-refractivity contribution in [2.75, 3.05) is 25.7 Å². The number of rotatable bonds is 8. The zero-order chi connectivity index (χ0) is 18.2. The second-order valence-corrected chi connectivity index (χ2v) is 6.70. The van der Waals surface area contributed by atoms with E-state index < -0.39 is 0 Å². The van der Waals surface area contributed by atoms with E-state index in [1.54, 1.807) is 11.8 Å². The Balaban J connectivity index is 1.36. The molecule has 0 aromatic heterocycles. The number of hydrogen-bond acceptors (Lipinski definition) is 6. The molecule has 3 rings (SSSR count). The molecule has 0 aliphatic carbocycles. The highest BCUT2D eigenvalue weighted by molar-refractivity contribution is 7.99. The van der Waals surface area contributed by atoms with E-state index in [4.69, 9.17) is 14.3 Å². The van der Waals surface area contributed by atoms with Crippen molar-refractivity contribution in [1.82, 2.24) is 5.32 Å². The van der Waals surface area contributed by atoms with Crippen molar-refractivity contribution < 1.29 is 19.1 Å². The van der Waals surface area contributed by atoms with Gasteiger partial charge in [0, 0.05) is 22.8 Å². The van der Waals surface area contributed by atoms with E-state index in [9.17, 15) is 4.79 Å². The Bertz CT molecular complexity index is 780. The van der Waals surface area contributed by atoms with E-state index in [-0.39, 0.29) is 19.3 Å². The minimum absolute atomic E-state index is 0.113. The lowest BCUT2D eigenvalue weighted by Crippen LogP contribution is -2.29. The third-order valence-corrected chi connectivity index (χ3v) is 4.64. The summed E-state index contributed by atoms with van der Waals surface area (Å²) in [5, 5.41) is 6.80. The molecule has 0 bridgehead atoms. The van der Waals surface area contributed by atoms with E-state index in [1.807, 2.05) is 55.5 Å². The summed E-state index contributed by atoms with van der Waals surface area (Å²) in [6.07, 6.45) is 0. The van der Waals surface area contributed by atoms with Crippen LogP contribution >= 0.6 is 11.8 Å². The molecule has 1 N–H and O–H groups in total. The van der Waals surface area contributed by atoms with Crippen LogP contribution in [0.3, 0.4) is 0 Å². The number of carbonyl (C=O) groups excluding carboxylic acids is 1. The summed E-state index contributed by atoms with van der Waals surface area (Å²) in [7, 11) is 0. The molecule has 0 saturated carbocycles. The van der Waals surface area contributed by atoms with Crippen molar-refractivity contribution in [3.8, 4) is 11.5 Å². The van der Waals surface area contributed by atoms with Gasteiger partial charge in [0.2, 0.25) is 6.79 Å². The van der Waals surface area contributed by atoms with Crippen molar-refractivity contribution >= 4 is 23.4 Å². The highest BCUT2D eigenvalue weighted by atomic mass is 32.2. The van der Waals surface area contributed by atoms with E-state index in [2.05, 4.69) is 10.5 Å². The molecular weight excluding hydrogens is 352 g/mol. The van der Waals surface area contributed by atoms with E-state index >= 15 is 0 Å². The molecule has 0 atom stereocenters. The van der Waals surface area contributed by atoms with Gasteiger partial charge in [0.25, 0.3) is 5.91 Å². The number of nitrogens with zero attached hydrogens (tertiary/aromatic N) is 1. The molecule has 1 heterocycles. The lowest BCUT2D eigenvalue weighted by atomic mass is 10.1. The number of carbonyl (C=O) groups is 1. The average molecular weight is 372 g/mol. The molecule has 1 amide bonds. The summed E-state index contributed by atoms with van der Waals surface area (Å²) in [6, 6.07) is 15.6. The van der Waals surface area contributed by atoms with Gasteiger partial charge in [0.1, 0.15) is 0 Å². The molecule has 2 aromatic carbocycles. The summed E-state index contributed by atoms with van der Waals surface area (Å²) < 4.78 is 10.6. The molecule has 1 aliphatic rings. The molecule has 26 heavy (non-hydrogen) atoms. The quantitative estimate of drug-likeness (QED) is 0.334. The highest BCUT2D eigenvalue weighted by Gasteiger charge is 2.14. The fourth-order valence-corrected chi connectivity index (χ4v) is 3.08. The summed E-state index contributed by atoms with van der Waals surface area (Å²) >= 11 is 1.69. The van der Waals surface area contributed by atoms with Gasteiger partial charge in [-0.1, -0.05) is 23.4 Å². The van der Waals surface area contributed by atoms with Gasteiger partial charge in [-0.3, -0.25) is 4.79 Å². The maximum Gasteiger partial charge on any atom is 0.260 e. The van der Waals surface area contributed by atoms with Crippen LogP contribution in [-0.2, 0) is 9.63 Å². The lowest BCUT2D eigenvalue weighted by Gasteiger charge is -2.06. The van der Waals surface area contributed by atoms with Crippen molar-refractivity contribution in [2.24, 2.45) is 5.16 Å². The first-order chi connectivity index (χ1) is 12.7. The van der Waals surface area contributed by atoms with Gasteiger partial charge in [-0.15, -0.1) is 11.8 Å². The minimum Gasteiger partial charge on any atom is -0.454 e. The first-order valence-corrected chi connectivity index (χ1v) is 9.22. The standard InChI is InChI=1S/C19H20N2O4S/c1-14(15-7-8-17-18(11-15)24-13-23-17)21-25-12-19(22)20-9-10-26-16-5-3-2-4-6-16/h2-8,11H,9-10,12-13H2,1H3,(H,20,22)/b21-14-. The van der Waals surface area contributed by atoms with Crippen LogP contribution in [0.15, 0.2) is 58.6 Å². The number of hydrogen-bond donors (Lipinski definition) is 1. The lowest BCUT2D eigenvalue weighted by molar-refractivity contribution is -0.125. The van der Waals surface area contributed by atoms with Gasteiger partial charge in [0.15, 0.2) is 18.1 Å². The van der Waals surface area contributed by atoms with Crippen molar-refractivity contribution in [3.63, 3.8) is 0 Å². The van der Waals surface area contributed by atoms with Gasteiger partial charge < -0.3 is 19.6 Å². The Morgan fingerprint density at radius 2 is 2.00 bits per heavy atom. The van der Waals surface area contributed by atoms with Crippen LogP contribution in [0.2, 0.25) is 0 Å². The Labute approximate surface area is 156 Å². The molecule has 6 nitrogen and oxygen atoms in total. The van der Waals surface area contributed by atoms with Gasteiger partial charge >= 0.3 is 0 Å². The van der Waals surface area contributed by atoms with Crippen LogP contribution in [0.5, 0.6) is 11.5 Å². The molecule has 2 aromatic rings. The number of ether oxygens (including phenoxy) is 2. The normalized spacial score (nSPS) is 12.7. The van der Waals surface area contributed by atoms with Gasteiger partial charge in [0.05, 0.1) is 5.71 Å². The van der Waals surface area contributed by atoms with Crippen molar-refractivity contribution in [2.45, 2.75) is 11.8 Å². The number of nitrogens with one attached hydrogen (secondary N) is 1. The molecule has 0 fully saturated rings. The maximum absolute atomic E-state index is 11.8. The number of amides is 1. The number of fused-ring (bicyclic) bond motifs is 1. The van der Waals surface area contributed by atoms with E-state index in [1.165, 1.54) is 4.90 Å². The van der Waals surface area contributed by atoms with Crippen LogP contribution in [0.1, 0.15) is 12.5 Å². The summed E-state index contributed by atoms with van der Waals surface area (Å²) in [6.45, 7) is 2.50. The number of thioether (sulfide) groups is 1. The second-order valence-electron chi connectivity index (χ2n) is 5.53. The summed E-state index contributed by atoms with van der Waals surface area (Å²) in [5.41, 5.74) is 1.52. The Hall–Kier alpha value is -2.67. The third kappa shape index (κ3) is 5.16. The molecule has 136 valence electrons. The Morgan fingerprint density at radius 1 is 1.19 bits per heavy atom. The van der Waals surface area contributed by atoms with Gasteiger partial charge in [-0.2, -0.15) is 0 Å². The first kappa shape index (κ1) is 18.1. The minimum atomic E-state index is -0.194. The van der Waals surface area contributed by atoms with Crippen LogP contribution in [-0.4, -0.2) is 37.3 Å². The monoisotopic (exact) mass is 372 g/mol. The SMILES string of the molecule is C/C(=N/OCC(=O)NCCSc1ccccc1)c1ccc2c(c1)OCO2. The van der Waals surface area contributed by atoms with Crippen LogP contribution in [0.4, 0.5) is 0 Å². The second kappa shape index (κ2) is 9.15. The van der Waals surface area contributed by atoms with E-state index in [0.29, 0.717) is 18.0 Å². The van der Waals surface area contributed by atoms with Crippen molar-refractivity contribution in [1.29, 1.82) is 0 Å². The smallest absolute Gasteiger partial charge is 0.260 e. The topological polar surface area (TPSA) is 69.2 Å². The average Bonchev–Trinajstić information content (AvgIpc) is 3.14. The molecule has 7 heteroatoms. The Kier molecular flexibility index (Phi) is 6.38. The summed E-state index contributed by atoms with van der Waals surface area (Å²) in [4.78, 5) is 18.1. The maximum atomic E-state index is 11.8. The van der Waals surface area contributed by atoms with Gasteiger partial charge in [-0.25, -0.2) is 0 Å². The van der Waals surface area contributed by atoms with Crippen LogP contribution < -0.4 is 14.8 Å². The van der Waals surface area contributed by atoms with Crippen LogP contribution in [0.25, 0.3) is 0 Å². The third-order valence-electron chi connectivity index (χ3n) is 3.62. The zero-order valence-corrected chi connectivity index (χ0v) is 15.3. The molecule has 0 spiro atoms. The fraction of sp³-hybridized carbons (Fsp3) is 0.263. The van der Waals surface area contributed by atoms with Crippen LogP contribution in [0, 0.1) is 0 Å². The highest BCUT2D eigenvalue weighted by Crippen LogP contribution is 2.32. The largest absolute Gasteiger partial charge is 0.454 e. The van der Waals surface area contributed by atoms with Gasteiger partial charge in [-0.05, 0) is 37.3 Å². The predicted octanol–water partition coefficient (Wildman–Crippen LogP) is 3.06. The summed E-state index contributed by atoms with van der Waals surface area (Å²) in [5.74, 6) is 2.01. The first-order valence-electron chi connectivity index (χ1n) is 8.23. The molecule has 0 unspecified atom stereocenters. The predicted molar refractivity (Wildman–Crippen MR) is 101 cm³/mol. The molecule has 0 radical (unpaired) electrons. The number of benzene rings is 2. The number of oxime groups is 1. The zero-order valence-electron chi connectivity index (χ0n) is 14.4.